The minimum Gasteiger partial charge on any atom is -0.496 e. The van der Waals surface area contributed by atoms with Gasteiger partial charge in [0.15, 0.2) is 0 Å². The van der Waals surface area contributed by atoms with Crippen molar-refractivity contribution in [2.75, 3.05) is 21.2 Å². The average molecular weight is 282 g/mol. The Morgan fingerprint density at radius 2 is 1.48 bits per heavy atom. The Balaban J connectivity index is 0.000000219. The fourth-order valence-corrected chi connectivity index (χ4v) is 1.75. The number of ether oxygens (including phenoxy) is 1. The maximum Gasteiger partial charge on any atom is 0.122 e. The normalized spacial score (nSPS) is 10.5. The predicted octanol–water partition coefficient (Wildman–Crippen LogP) is 3.79. The third-order valence-electron chi connectivity index (χ3n) is 2.79. The van der Waals surface area contributed by atoms with E-state index in [9.17, 15) is 0 Å². The number of nitrogens with zero attached hydrogens (tertiary/aromatic N) is 2. The zero-order valence-electron chi connectivity index (χ0n) is 13.1. The largest absolute Gasteiger partial charge is 0.496 e. The van der Waals surface area contributed by atoms with E-state index >= 15 is 0 Å². The van der Waals surface area contributed by atoms with Gasteiger partial charge >= 0.3 is 0 Å². The number of hydrogen-bond acceptors (Lipinski definition) is 3. The third-order valence-corrected chi connectivity index (χ3v) is 2.79. The summed E-state index contributed by atoms with van der Waals surface area (Å²) in [6.07, 6.45) is 3.64. The zero-order chi connectivity index (χ0) is 15.5. The predicted molar refractivity (Wildman–Crippen MR) is 91.2 cm³/mol. The van der Waals surface area contributed by atoms with Crippen LogP contribution in [0, 0.1) is 6.92 Å². The summed E-state index contributed by atoms with van der Waals surface area (Å²) in [4.78, 5) is 7.81. The van der Waals surface area contributed by atoms with Crippen molar-refractivity contribution in [3.8, 4) is 5.75 Å². The van der Waals surface area contributed by atoms with Gasteiger partial charge in [-0.2, -0.15) is 0 Å². The van der Waals surface area contributed by atoms with Crippen molar-refractivity contribution in [3.05, 3.63) is 65.2 Å². The van der Waals surface area contributed by atoms with Crippen LogP contribution in [0.4, 0.5) is 0 Å². The molecule has 2 rings (SSSR count). The number of benzene rings is 2. The summed E-state index contributed by atoms with van der Waals surface area (Å²) in [7, 11) is 5.20. The molecule has 0 aliphatic heterocycles. The average Bonchev–Trinajstić information content (AvgIpc) is 2.51. The summed E-state index contributed by atoms with van der Waals surface area (Å²) in [5, 5.41) is 0. The topological polar surface area (TPSA) is 34.0 Å². The Kier molecular flexibility index (Phi) is 7.51. The van der Waals surface area contributed by atoms with Crippen LogP contribution in [0.3, 0.4) is 0 Å². The van der Waals surface area contributed by atoms with E-state index in [0.29, 0.717) is 0 Å². The Bertz CT molecular complexity index is 589. The monoisotopic (exact) mass is 282 g/mol. The molecule has 0 saturated carbocycles. The molecule has 0 aromatic heterocycles. The molecule has 0 heterocycles. The van der Waals surface area contributed by atoms with Crippen LogP contribution in [0.1, 0.15) is 16.7 Å². The summed E-state index contributed by atoms with van der Waals surface area (Å²) >= 11 is 0. The van der Waals surface area contributed by atoms with E-state index in [4.69, 9.17) is 4.74 Å². The minimum absolute atomic E-state index is 0.910. The van der Waals surface area contributed by atoms with Gasteiger partial charge in [-0.25, -0.2) is 0 Å². The first-order valence-electron chi connectivity index (χ1n) is 6.75. The highest BCUT2D eigenvalue weighted by Crippen LogP contribution is 2.17. The quantitative estimate of drug-likeness (QED) is 0.789. The van der Waals surface area contributed by atoms with Gasteiger partial charge in [0.25, 0.3) is 0 Å². The van der Waals surface area contributed by atoms with E-state index in [-0.39, 0.29) is 0 Å². The molecule has 0 atom stereocenters. The SMILES string of the molecule is CN=Cc1ccc(C)c(OC)c1.CN=Cc1ccccc1. The van der Waals surface area contributed by atoms with E-state index in [1.165, 1.54) is 0 Å². The van der Waals surface area contributed by atoms with Crippen LogP contribution in [0.2, 0.25) is 0 Å². The van der Waals surface area contributed by atoms with Gasteiger partial charge in [-0.3, -0.25) is 9.98 Å². The highest BCUT2D eigenvalue weighted by Gasteiger charge is 1.97. The standard InChI is InChI=1S/C10H13NO.C8H9N/c1-8-4-5-9(7-11-2)6-10(8)12-3;1-9-7-8-5-3-2-4-6-8/h4-7H,1-3H3;2-7H,1H3. The number of hydrogen-bond donors (Lipinski definition) is 0. The molecule has 0 aliphatic rings. The minimum atomic E-state index is 0.910. The first-order chi connectivity index (χ1) is 10.2. The van der Waals surface area contributed by atoms with Crippen molar-refractivity contribution < 1.29 is 4.74 Å². The lowest BCUT2D eigenvalue weighted by molar-refractivity contribution is 0.411. The maximum absolute atomic E-state index is 5.17. The van der Waals surface area contributed by atoms with Gasteiger partial charge in [-0.05, 0) is 29.7 Å². The van der Waals surface area contributed by atoms with E-state index in [2.05, 4.69) is 9.98 Å². The Morgan fingerprint density at radius 3 is 2.05 bits per heavy atom. The van der Waals surface area contributed by atoms with E-state index in [0.717, 1.165) is 22.4 Å². The number of aryl methyl sites for hydroxylation is 1. The van der Waals surface area contributed by atoms with Crippen LogP contribution in [0.15, 0.2) is 58.5 Å². The van der Waals surface area contributed by atoms with Crippen molar-refractivity contribution >= 4 is 12.4 Å². The van der Waals surface area contributed by atoms with Gasteiger partial charge in [0.1, 0.15) is 5.75 Å². The smallest absolute Gasteiger partial charge is 0.122 e. The van der Waals surface area contributed by atoms with Crippen LogP contribution < -0.4 is 4.74 Å². The lowest BCUT2D eigenvalue weighted by Gasteiger charge is -2.04. The lowest BCUT2D eigenvalue weighted by atomic mass is 10.1. The second-order valence-electron chi connectivity index (χ2n) is 4.41. The highest BCUT2D eigenvalue weighted by molar-refractivity contribution is 5.80. The Hall–Kier alpha value is -2.42. The van der Waals surface area contributed by atoms with Gasteiger partial charge in [0.2, 0.25) is 0 Å². The molecule has 0 saturated heterocycles. The second-order valence-corrected chi connectivity index (χ2v) is 4.41. The molecule has 0 fully saturated rings. The molecule has 0 radical (unpaired) electrons. The molecule has 110 valence electrons. The number of rotatable bonds is 3. The fourth-order valence-electron chi connectivity index (χ4n) is 1.75. The molecule has 2 aromatic rings. The highest BCUT2D eigenvalue weighted by atomic mass is 16.5. The third kappa shape index (κ3) is 6.04. The Labute approximate surface area is 127 Å². The molecule has 0 unspecified atom stereocenters. The molecular weight excluding hydrogens is 260 g/mol. The van der Waals surface area contributed by atoms with Gasteiger partial charge in [0, 0.05) is 26.5 Å². The summed E-state index contributed by atoms with van der Waals surface area (Å²) in [5.74, 6) is 0.910. The van der Waals surface area contributed by atoms with E-state index in [1.54, 1.807) is 21.2 Å². The molecule has 2 aromatic carbocycles. The van der Waals surface area contributed by atoms with Crippen molar-refractivity contribution in [1.29, 1.82) is 0 Å². The number of aliphatic imine (C=N–C) groups is 2. The molecule has 0 aliphatic carbocycles. The van der Waals surface area contributed by atoms with Crippen molar-refractivity contribution in [3.63, 3.8) is 0 Å². The summed E-state index contributed by atoms with van der Waals surface area (Å²) in [6.45, 7) is 2.02. The maximum atomic E-state index is 5.17. The number of methoxy groups -OCH3 is 1. The van der Waals surface area contributed by atoms with Crippen molar-refractivity contribution in [2.45, 2.75) is 6.92 Å². The van der Waals surface area contributed by atoms with Crippen LogP contribution in [-0.2, 0) is 0 Å². The molecular formula is C18H22N2O. The molecule has 21 heavy (non-hydrogen) atoms. The molecule has 3 heteroatoms. The molecule has 0 amide bonds. The fraction of sp³-hybridized carbons (Fsp3) is 0.222. The summed E-state index contributed by atoms with van der Waals surface area (Å²) < 4.78 is 5.17. The summed E-state index contributed by atoms with van der Waals surface area (Å²) in [6, 6.07) is 16.0. The van der Waals surface area contributed by atoms with Gasteiger partial charge < -0.3 is 4.74 Å². The van der Waals surface area contributed by atoms with Crippen LogP contribution in [0.25, 0.3) is 0 Å². The van der Waals surface area contributed by atoms with Gasteiger partial charge in [-0.15, -0.1) is 0 Å². The van der Waals surface area contributed by atoms with Gasteiger partial charge in [-0.1, -0.05) is 42.5 Å². The second kappa shape index (κ2) is 9.48. The van der Waals surface area contributed by atoms with Crippen LogP contribution in [-0.4, -0.2) is 33.6 Å². The first-order valence-corrected chi connectivity index (χ1v) is 6.75. The first kappa shape index (κ1) is 16.6. The van der Waals surface area contributed by atoms with Crippen LogP contribution >= 0.6 is 0 Å². The van der Waals surface area contributed by atoms with Gasteiger partial charge in [0.05, 0.1) is 7.11 Å². The molecule has 0 bridgehead atoms. The van der Waals surface area contributed by atoms with Crippen molar-refractivity contribution in [1.82, 2.24) is 0 Å². The summed E-state index contributed by atoms with van der Waals surface area (Å²) in [5.41, 5.74) is 3.37. The van der Waals surface area contributed by atoms with E-state index in [1.807, 2.05) is 67.9 Å². The van der Waals surface area contributed by atoms with Crippen molar-refractivity contribution in [2.24, 2.45) is 9.98 Å². The van der Waals surface area contributed by atoms with E-state index < -0.39 is 0 Å². The molecule has 0 N–H and O–H groups in total. The molecule has 0 spiro atoms. The lowest BCUT2D eigenvalue weighted by Crippen LogP contribution is -1.89. The zero-order valence-corrected chi connectivity index (χ0v) is 13.1. The Morgan fingerprint density at radius 1 is 0.857 bits per heavy atom. The molecule has 3 nitrogen and oxygen atoms in total. The van der Waals surface area contributed by atoms with Crippen LogP contribution in [0.5, 0.6) is 5.75 Å².